The van der Waals surface area contributed by atoms with Crippen molar-refractivity contribution in [1.82, 2.24) is 20.1 Å². The Morgan fingerprint density at radius 3 is 2.42 bits per heavy atom. The Balaban J connectivity index is 1.56. The van der Waals surface area contributed by atoms with Crippen molar-refractivity contribution in [3.8, 4) is 5.75 Å². The molecule has 0 saturated carbocycles. The van der Waals surface area contributed by atoms with Crippen LogP contribution in [0, 0.1) is 6.92 Å². The van der Waals surface area contributed by atoms with E-state index in [9.17, 15) is 9.59 Å². The van der Waals surface area contributed by atoms with Gasteiger partial charge in [0, 0.05) is 12.6 Å². The molecule has 31 heavy (non-hydrogen) atoms. The number of benzene rings is 2. The van der Waals surface area contributed by atoms with Gasteiger partial charge >= 0.3 is 0 Å². The van der Waals surface area contributed by atoms with Gasteiger partial charge < -0.3 is 14.6 Å². The summed E-state index contributed by atoms with van der Waals surface area (Å²) in [7, 11) is 3.44. The van der Waals surface area contributed by atoms with Gasteiger partial charge in [-0.3, -0.25) is 9.59 Å². The summed E-state index contributed by atoms with van der Waals surface area (Å²) in [5.74, 6) is 1.59. The van der Waals surface area contributed by atoms with Crippen LogP contribution in [0.5, 0.6) is 5.75 Å². The number of rotatable bonds is 9. The van der Waals surface area contributed by atoms with E-state index in [2.05, 4.69) is 15.5 Å². The van der Waals surface area contributed by atoms with Gasteiger partial charge in [0.25, 0.3) is 0 Å². The number of nitrogens with zero attached hydrogens (tertiary/aromatic N) is 3. The first kappa shape index (κ1) is 22.6. The molecule has 2 aromatic carbocycles. The van der Waals surface area contributed by atoms with Crippen LogP contribution in [0.15, 0.2) is 53.7 Å². The number of ketones is 1. The Hall–Kier alpha value is -3.13. The lowest BCUT2D eigenvalue weighted by Gasteiger charge is -2.14. The minimum atomic E-state index is -0.314. The average molecular weight is 439 g/mol. The summed E-state index contributed by atoms with van der Waals surface area (Å²) in [6, 6.07) is 14.6. The zero-order valence-electron chi connectivity index (χ0n) is 18.1. The van der Waals surface area contributed by atoms with Gasteiger partial charge in [-0.2, -0.15) is 0 Å². The standard InChI is InChI=1S/C23H26N4O3S/c1-15-5-9-18(10-6-15)20(28)14-31-23-26-25-22(27(23)3)16(2)24-21(29)13-17-7-11-19(30-4)12-8-17/h5-12,16H,13-14H2,1-4H3,(H,24,29). The molecule has 0 radical (unpaired) electrons. The van der Waals surface area contributed by atoms with Crippen LogP contribution in [0.1, 0.15) is 40.3 Å². The molecule has 0 aliphatic carbocycles. The van der Waals surface area contributed by atoms with Crippen LogP contribution < -0.4 is 10.1 Å². The molecule has 7 nitrogen and oxygen atoms in total. The molecular weight excluding hydrogens is 412 g/mol. The molecule has 0 saturated heterocycles. The number of Topliss-reactive ketones (excluding diaryl/α,β-unsaturated/α-hetero) is 1. The maximum Gasteiger partial charge on any atom is 0.224 e. The van der Waals surface area contributed by atoms with Crippen LogP contribution in [0.2, 0.25) is 0 Å². The second-order valence-corrected chi connectivity index (χ2v) is 8.23. The minimum Gasteiger partial charge on any atom is -0.497 e. The Bertz CT molecular complexity index is 1050. The molecule has 0 spiro atoms. The number of nitrogens with one attached hydrogen (secondary N) is 1. The number of hydrogen-bond acceptors (Lipinski definition) is 6. The third-order valence-corrected chi connectivity index (χ3v) is 5.88. The third kappa shape index (κ3) is 5.95. The monoisotopic (exact) mass is 438 g/mol. The molecule has 1 aromatic heterocycles. The van der Waals surface area contributed by atoms with Gasteiger partial charge in [-0.25, -0.2) is 0 Å². The number of thioether (sulfide) groups is 1. The molecule has 162 valence electrons. The fourth-order valence-corrected chi connectivity index (χ4v) is 3.88. The van der Waals surface area contributed by atoms with E-state index in [4.69, 9.17) is 4.74 Å². The summed E-state index contributed by atoms with van der Waals surface area (Å²) >= 11 is 1.33. The van der Waals surface area contributed by atoms with Crippen molar-refractivity contribution in [2.75, 3.05) is 12.9 Å². The number of methoxy groups -OCH3 is 1. The van der Waals surface area contributed by atoms with Crippen molar-refractivity contribution in [1.29, 1.82) is 0 Å². The Labute approximate surface area is 186 Å². The van der Waals surface area contributed by atoms with E-state index < -0.39 is 0 Å². The number of aryl methyl sites for hydroxylation is 1. The van der Waals surface area contributed by atoms with Crippen molar-refractivity contribution in [3.63, 3.8) is 0 Å². The smallest absolute Gasteiger partial charge is 0.224 e. The van der Waals surface area contributed by atoms with Gasteiger partial charge in [0.05, 0.1) is 25.3 Å². The number of amides is 1. The predicted molar refractivity (Wildman–Crippen MR) is 120 cm³/mol. The van der Waals surface area contributed by atoms with Crippen molar-refractivity contribution < 1.29 is 14.3 Å². The van der Waals surface area contributed by atoms with E-state index in [0.717, 1.165) is 16.9 Å². The van der Waals surface area contributed by atoms with Crippen LogP contribution in [-0.4, -0.2) is 39.3 Å². The molecule has 0 fully saturated rings. The molecule has 1 heterocycles. The van der Waals surface area contributed by atoms with Crippen molar-refractivity contribution in [3.05, 3.63) is 71.0 Å². The number of ether oxygens (including phenoxy) is 1. The lowest BCUT2D eigenvalue weighted by molar-refractivity contribution is -0.121. The minimum absolute atomic E-state index is 0.0374. The van der Waals surface area contributed by atoms with E-state index in [0.29, 0.717) is 16.5 Å². The topological polar surface area (TPSA) is 86.1 Å². The van der Waals surface area contributed by atoms with E-state index >= 15 is 0 Å². The number of aromatic nitrogens is 3. The second-order valence-electron chi connectivity index (χ2n) is 7.29. The first-order valence-corrected chi connectivity index (χ1v) is 10.9. The number of carbonyl (C=O) groups is 2. The quantitative estimate of drug-likeness (QED) is 0.406. The molecule has 1 atom stereocenters. The van der Waals surface area contributed by atoms with Gasteiger partial charge in [0.2, 0.25) is 5.91 Å². The second kappa shape index (κ2) is 10.3. The fraction of sp³-hybridized carbons (Fsp3) is 0.304. The van der Waals surface area contributed by atoms with Gasteiger partial charge in [-0.05, 0) is 31.5 Å². The highest BCUT2D eigenvalue weighted by Gasteiger charge is 2.19. The molecule has 1 amide bonds. The Morgan fingerprint density at radius 1 is 1.10 bits per heavy atom. The predicted octanol–water partition coefficient (Wildman–Crippen LogP) is 3.53. The summed E-state index contributed by atoms with van der Waals surface area (Å²) in [4.78, 5) is 24.8. The van der Waals surface area contributed by atoms with Crippen molar-refractivity contribution >= 4 is 23.5 Å². The highest BCUT2D eigenvalue weighted by Crippen LogP contribution is 2.20. The van der Waals surface area contributed by atoms with Crippen LogP contribution in [0.3, 0.4) is 0 Å². The molecule has 1 N–H and O–H groups in total. The zero-order chi connectivity index (χ0) is 22.4. The molecule has 1 unspecified atom stereocenters. The van der Waals surface area contributed by atoms with Crippen molar-refractivity contribution in [2.24, 2.45) is 7.05 Å². The summed E-state index contributed by atoms with van der Waals surface area (Å²) in [6.07, 6.45) is 0.263. The maximum atomic E-state index is 12.4. The van der Waals surface area contributed by atoms with E-state index in [1.165, 1.54) is 11.8 Å². The zero-order valence-corrected chi connectivity index (χ0v) is 18.9. The summed E-state index contributed by atoms with van der Waals surface area (Å²) < 4.78 is 6.95. The average Bonchev–Trinajstić information content (AvgIpc) is 3.13. The first-order chi connectivity index (χ1) is 14.9. The van der Waals surface area contributed by atoms with Crippen LogP contribution in [0.4, 0.5) is 0 Å². The maximum absolute atomic E-state index is 12.4. The lowest BCUT2D eigenvalue weighted by atomic mass is 10.1. The molecule has 3 aromatic rings. The highest BCUT2D eigenvalue weighted by molar-refractivity contribution is 7.99. The fourth-order valence-electron chi connectivity index (χ4n) is 3.07. The Morgan fingerprint density at radius 2 is 1.77 bits per heavy atom. The van der Waals surface area contributed by atoms with Gasteiger partial charge in [0.1, 0.15) is 5.75 Å². The van der Waals surface area contributed by atoms with Gasteiger partial charge in [-0.1, -0.05) is 53.7 Å². The molecular formula is C23H26N4O3S. The largest absolute Gasteiger partial charge is 0.497 e. The molecule has 8 heteroatoms. The SMILES string of the molecule is COc1ccc(CC(=O)NC(C)c2nnc(SCC(=O)c3ccc(C)cc3)n2C)cc1. The van der Waals surface area contributed by atoms with Gasteiger partial charge in [0.15, 0.2) is 16.8 Å². The third-order valence-electron chi connectivity index (χ3n) is 4.86. The van der Waals surface area contributed by atoms with Crippen LogP contribution in [-0.2, 0) is 18.3 Å². The summed E-state index contributed by atoms with van der Waals surface area (Å²) in [5, 5.41) is 12.0. The Kier molecular flexibility index (Phi) is 7.46. The van der Waals surface area contributed by atoms with Crippen molar-refractivity contribution in [2.45, 2.75) is 31.5 Å². The van der Waals surface area contributed by atoms with E-state index in [1.54, 1.807) is 7.11 Å². The summed E-state index contributed by atoms with van der Waals surface area (Å²) in [6.45, 7) is 3.85. The summed E-state index contributed by atoms with van der Waals surface area (Å²) in [5.41, 5.74) is 2.69. The number of carbonyl (C=O) groups excluding carboxylic acids is 2. The van der Waals surface area contributed by atoms with Crippen LogP contribution >= 0.6 is 11.8 Å². The van der Waals surface area contributed by atoms with Gasteiger partial charge in [-0.15, -0.1) is 10.2 Å². The molecule has 0 aliphatic rings. The molecule has 0 bridgehead atoms. The normalized spacial score (nSPS) is 11.7. The molecule has 3 rings (SSSR count). The molecule has 0 aliphatic heterocycles. The van der Waals surface area contributed by atoms with Crippen LogP contribution in [0.25, 0.3) is 0 Å². The lowest BCUT2D eigenvalue weighted by Crippen LogP contribution is -2.29. The van der Waals surface area contributed by atoms with E-state index in [1.807, 2.05) is 74.0 Å². The van der Waals surface area contributed by atoms with E-state index in [-0.39, 0.29) is 29.9 Å². The highest BCUT2D eigenvalue weighted by atomic mass is 32.2. The first-order valence-electron chi connectivity index (χ1n) is 9.91. The number of hydrogen-bond donors (Lipinski definition) is 1.